The fourth-order valence-electron chi connectivity index (χ4n) is 2.17. The maximum absolute atomic E-state index is 11.5. The van der Waals surface area contributed by atoms with Crippen molar-refractivity contribution >= 4 is 11.9 Å². The minimum absolute atomic E-state index is 0.218. The molecule has 2 rings (SSSR count). The van der Waals surface area contributed by atoms with Gasteiger partial charge >= 0.3 is 11.9 Å². The normalized spacial score (nSPS) is 30.2. The van der Waals surface area contributed by atoms with Gasteiger partial charge < -0.3 is 9.64 Å². The number of methoxy groups -OCH3 is 1. The monoisotopic (exact) mass is 198 g/mol. The van der Waals surface area contributed by atoms with Gasteiger partial charge in [-0.2, -0.15) is 0 Å². The Hall–Kier alpha value is -1.10. The van der Waals surface area contributed by atoms with E-state index in [9.17, 15) is 9.59 Å². The number of hydrogen-bond donors (Lipinski definition) is 0. The van der Waals surface area contributed by atoms with Gasteiger partial charge in [-0.25, -0.2) is 4.79 Å². The second kappa shape index (κ2) is 3.57. The highest BCUT2D eigenvalue weighted by Crippen LogP contribution is 2.20. The van der Waals surface area contributed by atoms with E-state index in [0.717, 1.165) is 26.1 Å². The number of piperazine rings is 1. The maximum atomic E-state index is 11.5. The predicted octanol–water partition coefficient (Wildman–Crippen LogP) is -0.924. The number of carbonyl (C=O) groups excluding carboxylic acids is 2. The Morgan fingerprint density at radius 2 is 2.07 bits per heavy atom. The van der Waals surface area contributed by atoms with Crippen molar-refractivity contribution < 1.29 is 14.3 Å². The number of carbonyl (C=O) groups is 2. The average molecular weight is 198 g/mol. The molecule has 0 saturated carbocycles. The molecule has 0 N–H and O–H groups in total. The molecular weight excluding hydrogens is 184 g/mol. The smallest absolute Gasteiger partial charge is 0.396 e. The first kappa shape index (κ1) is 9.45. The Morgan fingerprint density at radius 3 is 2.79 bits per heavy atom. The highest BCUT2D eigenvalue weighted by atomic mass is 16.5. The van der Waals surface area contributed by atoms with E-state index < -0.39 is 11.9 Å². The largest absolute Gasteiger partial charge is 0.462 e. The van der Waals surface area contributed by atoms with Crippen LogP contribution in [0.1, 0.15) is 6.42 Å². The second-order valence-corrected chi connectivity index (χ2v) is 3.73. The zero-order chi connectivity index (χ0) is 10.1. The predicted molar refractivity (Wildman–Crippen MR) is 48.6 cm³/mol. The molecule has 78 valence electrons. The van der Waals surface area contributed by atoms with Crippen LogP contribution < -0.4 is 0 Å². The fraction of sp³-hybridized carbons (Fsp3) is 0.778. The van der Waals surface area contributed by atoms with E-state index in [1.807, 2.05) is 0 Å². The molecule has 2 atom stereocenters. The van der Waals surface area contributed by atoms with Crippen LogP contribution in [-0.4, -0.2) is 61.0 Å². The molecule has 0 spiro atoms. The topological polar surface area (TPSA) is 49.9 Å². The molecule has 0 aliphatic carbocycles. The first-order valence-electron chi connectivity index (χ1n) is 4.83. The minimum atomic E-state index is -0.745. The van der Waals surface area contributed by atoms with Crippen LogP contribution in [0.2, 0.25) is 0 Å². The summed E-state index contributed by atoms with van der Waals surface area (Å²) in [6, 6.07) is 0.218. The molecular formula is C9H14N2O3. The van der Waals surface area contributed by atoms with E-state index in [-0.39, 0.29) is 6.04 Å². The van der Waals surface area contributed by atoms with E-state index in [4.69, 9.17) is 0 Å². The van der Waals surface area contributed by atoms with Crippen LogP contribution in [-0.2, 0) is 14.3 Å². The summed E-state index contributed by atoms with van der Waals surface area (Å²) in [7, 11) is 1.24. The molecule has 14 heavy (non-hydrogen) atoms. The van der Waals surface area contributed by atoms with Gasteiger partial charge in [0.25, 0.3) is 0 Å². The van der Waals surface area contributed by atoms with E-state index in [0.29, 0.717) is 6.54 Å². The average Bonchev–Trinajstić information content (AvgIpc) is 2.59. The number of fused-ring (bicyclic) bond motifs is 2. The highest BCUT2D eigenvalue weighted by molar-refractivity contribution is 6.32. The van der Waals surface area contributed by atoms with Crippen LogP contribution in [0, 0.1) is 0 Å². The quantitative estimate of drug-likeness (QED) is 0.373. The van der Waals surface area contributed by atoms with Crippen molar-refractivity contribution in [2.75, 3.05) is 33.3 Å². The minimum Gasteiger partial charge on any atom is -0.462 e. The fourth-order valence-corrected chi connectivity index (χ4v) is 2.17. The van der Waals surface area contributed by atoms with Crippen LogP contribution in [0.5, 0.6) is 0 Å². The lowest BCUT2D eigenvalue weighted by atomic mass is 10.2. The molecule has 2 saturated heterocycles. The van der Waals surface area contributed by atoms with E-state index in [2.05, 4.69) is 9.64 Å². The molecule has 0 aromatic heterocycles. The van der Waals surface area contributed by atoms with Crippen LogP contribution in [0.3, 0.4) is 0 Å². The SMILES string of the molecule is COC(=O)C(=O)N1CCN2CCC1C2. The highest BCUT2D eigenvalue weighted by Gasteiger charge is 2.37. The Bertz CT molecular complexity index is 267. The second-order valence-electron chi connectivity index (χ2n) is 3.73. The third-order valence-corrected chi connectivity index (χ3v) is 2.97. The zero-order valence-corrected chi connectivity index (χ0v) is 8.23. The van der Waals surface area contributed by atoms with Crippen molar-refractivity contribution in [3.63, 3.8) is 0 Å². The molecule has 5 nitrogen and oxygen atoms in total. The Morgan fingerprint density at radius 1 is 1.29 bits per heavy atom. The van der Waals surface area contributed by atoms with Crippen molar-refractivity contribution in [2.24, 2.45) is 0 Å². The van der Waals surface area contributed by atoms with Gasteiger partial charge in [-0.15, -0.1) is 0 Å². The van der Waals surface area contributed by atoms with Gasteiger partial charge in [-0.1, -0.05) is 0 Å². The summed E-state index contributed by atoms with van der Waals surface area (Å²) in [6.07, 6.45) is 0.975. The summed E-state index contributed by atoms with van der Waals surface area (Å²) in [5, 5.41) is 0. The number of nitrogens with zero attached hydrogens (tertiary/aromatic N) is 2. The van der Waals surface area contributed by atoms with Crippen molar-refractivity contribution in [3.05, 3.63) is 0 Å². The molecule has 0 aromatic rings. The van der Waals surface area contributed by atoms with Crippen LogP contribution in [0.25, 0.3) is 0 Å². The molecule has 0 radical (unpaired) electrons. The van der Waals surface area contributed by atoms with Gasteiger partial charge in [0.2, 0.25) is 0 Å². The lowest BCUT2D eigenvalue weighted by molar-refractivity contribution is -0.160. The van der Waals surface area contributed by atoms with Crippen molar-refractivity contribution in [2.45, 2.75) is 12.5 Å². The van der Waals surface area contributed by atoms with Crippen molar-refractivity contribution in [3.8, 4) is 0 Å². The van der Waals surface area contributed by atoms with Gasteiger partial charge in [0.1, 0.15) is 0 Å². The molecule has 2 bridgehead atoms. The van der Waals surface area contributed by atoms with Crippen LogP contribution in [0.15, 0.2) is 0 Å². The number of esters is 1. The zero-order valence-electron chi connectivity index (χ0n) is 8.23. The van der Waals surface area contributed by atoms with E-state index >= 15 is 0 Å². The molecule has 2 fully saturated rings. The number of rotatable bonds is 0. The summed E-state index contributed by atoms with van der Waals surface area (Å²) < 4.78 is 4.43. The summed E-state index contributed by atoms with van der Waals surface area (Å²) in [6.45, 7) is 3.47. The first-order chi connectivity index (χ1) is 6.72. The molecule has 0 aromatic carbocycles. The van der Waals surface area contributed by atoms with Crippen LogP contribution in [0.4, 0.5) is 0 Å². The number of ether oxygens (including phenoxy) is 1. The Kier molecular flexibility index (Phi) is 2.41. The molecule has 5 heteroatoms. The standard InChI is InChI=1S/C9H14N2O3/c1-14-9(13)8(12)11-5-4-10-3-2-7(11)6-10/h7H,2-6H2,1H3. The van der Waals surface area contributed by atoms with Gasteiger partial charge in [-0.05, 0) is 6.42 Å². The van der Waals surface area contributed by atoms with E-state index in [1.165, 1.54) is 7.11 Å². The molecule has 2 heterocycles. The number of amides is 1. The Labute approximate surface area is 82.6 Å². The molecule has 2 aliphatic heterocycles. The summed E-state index contributed by atoms with van der Waals surface area (Å²) in [5.74, 6) is -1.23. The van der Waals surface area contributed by atoms with Gasteiger partial charge in [0.15, 0.2) is 0 Å². The lowest BCUT2D eigenvalue weighted by Gasteiger charge is -2.33. The summed E-state index contributed by atoms with van der Waals surface area (Å²) >= 11 is 0. The van der Waals surface area contributed by atoms with E-state index in [1.54, 1.807) is 4.90 Å². The van der Waals surface area contributed by atoms with Crippen molar-refractivity contribution in [1.29, 1.82) is 0 Å². The Balaban J connectivity index is 2.03. The first-order valence-corrected chi connectivity index (χ1v) is 4.83. The van der Waals surface area contributed by atoms with Gasteiger partial charge in [0, 0.05) is 32.2 Å². The lowest BCUT2D eigenvalue weighted by Crippen LogP contribution is -2.51. The maximum Gasteiger partial charge on any atom is 0.396 e. The summed E-state index contributed by atoms with van der Waals surface area (Å²) in [5.41, 5.74) is 0. The third kappa shape index (κ3) is 1.48. The van der Waals surface area contributed by atoms with Crippen molar-refractivity contribution in [1.82, 2.24) is 9.80 Å². The van der Waals surface area contributed by atoms with Gasteiger partial charge in [-0.3, -0.25) is 9.69 Å². The summed E-state index contributed by atoms with van der Waals surface area (Å²) in [4.78, 5) is 26.6. The van der Waals surface area contributed by atoms with Crippen LogP contribution >= 0.6 is 0 Å². The molecule has 2 unspecified atom stereocenters. The van der Waals surface area contributed by atoms with Gasteiger partial charge in [0.05, 0.1) is 7.11 Å². The number of hydrogen-bond acceptors (Lipinski definition) is 4. The molecule has 2 aliphatic rings. The molecule has 1 amide bonds. The third-order valence-electron chi connectivity index (χ3n) is 2.97.